The van der Waals surface area contributed by atoms with E-state index in [0.29, 0.717) is 25.7 Å². The fourth-order valence-corrected chi connectivity index (χ4v) is 1.84. The van der Waals surface area contributed by atoms with Crippen molar-refractivity contribution in [3.63, 3.8) is 0 Å². The van der Waals surface area contributed by atoms with Crippen LogP contribution in [0.4, 0.5) is 0 Å². The molecule has 0 saturated carbocycles. The van der Waals surface area contributed by atoms with Crippen LogP contribution in [0.2, 0.25) is 0 Å². The molecule has 0 radical (unpaired) electrons. The third kappa shape index (κ3) is 7.84. The van der Waals surface area contributed by atoms with Gasteiger partial charge in [0, 0.05) is 0 Å². The van der Waals surface area contributed by atoms with Crippen LogP contribution in [-0.2, 0) is 19.2 Å². The lowest BCUT2D eigenvalue weighted by atomic mass is 9.90. The Morgan fingerprint density at radius 3 is 1.80 bits per heavy atom. The Hall–Kier alpha value is -2.39. The molecule has 0 aliphatic heterocycles. The van der Waals surface area contributed by atoms with Gasteiger partial charge in [-0.2, -0.15) is 4.99 Å². The molecule has 0 aromatic heterocycles. The number of hydrogen-bond donors (Lipinski definition) is 1. The van der Waals surface area contributed by atoms with Crippen molar-refractivity contribution in [3.8, 4) is 0 Å². The molecule has 0 heterocycles. The highest BCUT2D eigenvalue weighted by Gasteiger charge is 2.27. The molecule has 0 rings (SSSR count). The van der Waals surface area contributed by atoms with E-state index in [-0.39, 0.29) is 13.1 Å². The van der Waals surface area contributed by atoms with Gasteiger partial charge < -0.3 is 5.11 Å². The Bertz CT molecular complexity index is 420. The van der Waals surface area contributed by atoms with Gasteiger partial charge in [0.2, 0.25) is 18.2 Å². The number of carbonyl (C=O) groups is 1. The SMILES string of the molecule is O=C=NCCCC(CCCN=C=O)C(N=C=O)C(=O)O. The van der Waals surface area contributed by atoms with Gasteiger partial charge in [-0.3, -0.25) is 0 Å². The number of carbonyl (C=O) groups excluding carboxylic acids is 3. The minimum atomic E-state index is -1.21. The van der Waals surface area contributed by atoms with Crippen molar-refractivity contribution in [2.75, 3.05) is 13.1 Å². The molecule has 0 fully saturated rings. The van der Waals surface area contributed by atoms with E-state index in [1.54, 1.807) is 0 Å². The summed E-state index contributed by atoms with van der Waals surface area (Å²) in [7, 11) is 0. The number of hydrogen-bond acceptors (Lipinski definition) is 7. The van der Waals surface area contributed by atoms with Crippen LogP contribution in [-0.4, -0.2) is 48.4 Å². The van der Waals surface area contributed by atoms with Crippen LogP contribution in [0.1, 0.15) is 25.7 Å². The maximum atomic E-state index is 11.1. The summed E-state index contributed by atoms with van der Waals surface area (Å²) >= 11 is 0. The van der Waals surface area contributed by atoms with Gasteiger partial charge in [-0.1, -0.05) is 0 Å². The zero-order chi connectivity index (χ0) is 15.2. The Labute approximate surface area is 115 Å². The average molecular weight is 281 g/mol. The van der Waals surface area contributed by atoms with Crippen LogP contribution in [0.5, 0.6) is 0 Å². The highest BCUT2D eigenvalue weighted by atomic mass is 16.4. The predicted molar refractivity (Wildman–Crippen MR) is 67.5 cm³/mol. The maximum Gasteiger partial charge on any atom is 0.329 e. The smallest absolute Gasteiger partial charge is 0.329 e. The van der Waals surface area contributed by atoms with E-state index >= 15 is 0 Å². The second-order valence-electron chi connectivity index (χ2n) is 3.99. The fraction of sp³-hybridized carbons (Fsp3) is 0.667. The number of carboxylic acid groups (broad SMARTS) is 1. The van der Waals surface area contributed by atoms with Crippen molar-refractivity contribution in [1.29, 1.82) is 0 Å². The third-order valence-electron chi connectivity index (χ3n) is 2.71. The molecule has 1 unspecified atom stereocenters. The lowest BCUT2D eigenvalue weighted by Crippen LogP contribution is -2.28. The summed E-state index contributed by atoms with van der Waals surface area (Å²) in [6, 6.07) is -1.19. The minimum Gasteiger partial charge on any atom is -0.480 e. The molecule has 0 amide bonds. The number of rotatable bonds is 11. The monoisotopic (exact) mass is 281 g/mol. The summed E-state index contributed by atoms with van der Waals surface area (Å²) in [5.74, 6) is -1.62. The van der Waals surface area contributed by atoms with Gasteiger partial charge >= 0.3 is 5.97 Å². The first-order valence-corrected chi connectivity index (χ1v) is 6.04. The molecule has 8 heteroatoms. The van der Waals surface area contributed by atoms with E-state index in [4.69, 9.17) is 5.11 Å². The van der Waals surface area contributed by atoms with Gasteiger partial charge in [0.25, 0.3) is 0 Å². The molecule has 0 aromatic rings. The van der Waals surface area contributed by atoms with Crippen molar-refractivity contribution < 1.29 is 24.3 Å². The molecular formula is C12H15N3O5. The Balaban J connectivity index is 4.63. The van der Waals surface area contributed by atoms with E-state index in [2.05, 4.69) is 15.0 Å². The van der Waals surface area contributed by atoms with Gasteiger partial charge in [0.1, 0.15) is 0 Å². The second-order valence-corrected chi connectivity index (χ2v) is 3.99. The number of isocyanates is 3. The second kappa shape index (κ2) is 11.7. The van der Waals surface area contributed by atoms with Gasteiger partial charge in [0.05, 0.1) is 13.1 Å². The summed E-state index contributed by atoms with van der Waals surface area (Å²) in [6.07, 6.45) is 5.86. The third-order valence-corrected chi connectivity index (χ3v) is 2.71. The molecule has 0 saturated heterocycles. The largest absolute Gasteiger partial charge is 0.480 e. The highest BCUT2D eigenvalue weighted by molar-refractivity contribution is 5.75. The van der Waals surface area contributed by atoms with E-state index in [0.717, 1.165) is 0 Å². The summed E-state index contributed by atoms with van der Waals surface area (Å²) in [6.45, 7) is 0.479. The first-order valence-electron chi connectivity index (χ1n) is 6.04. The molecule has 0 aliphatic rings. The summed E-state index contributed by atoms with van der Waals surface area (Å²) in [5, 5.41) is 9.04. The number of aliphatic carboxylic acids is 1. The zero-order valence-corrected chi connectivity index (χ0v) is 10.8. The first-order chi connectivity index (χ1) is 9.67. The van der Waals surface area contributed by atoms with Crippen LogP contribution >= 0.6 is 0 Å². The number of nitrogens with zero attached hydrogens (tertiary/aromatic N) is 3. The molecular weight excluding hydrogens is 266 g/mol. The van der Waals surface area contributed by atoms with E-state index in [1.165, 1.54) is 18.2 Å². The topological polar surface area (TPSA) is 126 Å². The van der Waals surface area contributed by atoms with E-state index in [9.17, 15) is 19.2 Å². The van der Waals surface area contributed by atoms with Crippen LogP contribution < -0.4 is 0 Å². The molecule has 1 N–H and O–H groups in total. The Kier molecular flexibility index (Phi) is 10.3. The summed E-state index contributed by atoms with van der Waals surface area (Å²) in [4.78, 5) is 51.3. The zero-order valence-electron chi connectivity index (χ0n) is 10.8. The lowest BCUT2D eigenvalue weighted by molar-refractivity contribution is -0.139. The van der Waals surface area contributed by atoms with Crippen LogP contribution in [0.25, 0.3) is 0 Å². The lowest BCUT2D eigenvalue weighted by Gasteiger charge is -2.19. The number of carboxylic acids is 1. The minimum absolute atomic E-state index is 0.240. The van der Waals surface area contributed by atoms with E-state index in [1.807, 2.05) is 0 Å². The van der Waals surface area contributed by atoms with Crippen molar-refractivity contribution in [2.24, 2.45) is 20.9 Å². The number of aliphatic imine (C=N–C) groups is 3. The van der Waals surface area contributed by atoms with Gasteiger partial charge in [-0.05, 0) is 31.6 Å². The molecule has 1 atom stereocenters. The van der Waals surface area contributed by atoms with Crippen molar-refractivity contribution in [1.82, 2.24) is 0 Å². The molecule has 8 nitrogen and oxygen atoms in total. The Morgan fingerprint density at radius 1 is 0.950 bits per heavy atom. The van der Waals surface area contributed by atoms with Crippen LogP contribution in [0, 0.1) is 5.92 Å². The summed E-state index contributed by atoms with van der Waals surface area (Å²) in [5.41, 5.74) is 0. The molecule has 20 heavy (non-hydrogen) atoms. The standard InChI is InChI=1S/C12H15N3O5/c16-7-13-5-1-3-10(4-2-6-14-8-17)11(12(19)20)15-9-18/h10-11H,1-6H2,(H,19,20). The van der Waals surface area contributed by atoms with Gasteiger partial charge in [-0.15, -0.1) is 0 Å². The van der Waals surface area contributed by atoms with Crippen molar-refractivity contribution >= 4 is 24.2 Å². The molecule has 108 valence electrons. The Morgan fingerprint density at radius 2 is 1.45 bits per heavy atom. The highest BCUT2D eigenvalue weighted by Crippen LogP contribution is 2.21. The molecule has 0 bridgehead atoms. The predicted octanol–water partition coefficient (Wildman–Crippen LogP) is 0.624. The van der Waals surface area contributed by atoms with Crippen molar-refractivity contribution in [2.45, 2.75) is 31.7 Å². The van der Waals surface area contributed by atoms with Crippen LogP contribution in [0.3, 0.4) is 0 Å². The van der Waals surface area contributed by atoms with Gasteiger partial charge in [-0.25, -0.2) is 29.2 Å². The normalized spacial score (nSPS) is 12.2. The molecule has 0 spiro atoms. The van der Waals surface area contributed by atoms with Gasteiger partial charge in [0.15, 0.2) is 6.04 Å². The quantitative estimate of drug-likeness (QED) is 0.337. The summed E-state index contributed by atoms with van der Waals surface area (Å²) < 4.78 is 0. The first kappa shape index (κ1) is 17.6. The fourth-order valence-electron chi connectivity index (χ4n) is 1.84. The molecule has 0 aromatic carbocycles. The van der Waals surface area contributed by atoms with Crippen molar-refractivity contribution in [3.05, 3.63) is 0 Å². The maximum absolute atomic E-state index is 11.1. The molecule has 0 aliphatic carbocycles. The van der Waals surface area contributed by atoms with E-state index < -0.39 is 17.9 Å². The average Bonchev–Trinajstić information content (AvgIpc) is 2.43. The van der Waals surface area contributed by atoms with Crippen LogP contribution in [0.15, 0.2) is 15.0 Å².